The lowest BCUT2D eigenvalue weighted by atomic mass is 9.89. The molecule has 2 aromatic rings. The molecule has 0 unspecified atom stereocenters. The summed E-state index contributed by atoms with van der Waals surface area (Å²) >= 11 is 0. The minimum atomic E-state index is 0.134. The van der Waals surface area contributed by atoms with Crippen LogP contribution in [0.5, 0.6) is 5.75 Å². The van der Waals surface area contributed by atoms with E-state index in [2.05, 4.69) is 21.9 Å². The first-order chi connectivity index (χ1) is 16.6. The summed E-state index contributed by atoms with van der Waals surface area (Å²) in [6.45, 7) is 9.95. The number of ether oxygens (including phenoxy) is 2. The van der Waals surface area contributed by atoms with Gasteiger partial charge in [0.05, 0.1) is 25.0 Å². The van der Waals surface area contributed by atoms with Gasteiger partial charge < -0.3 is 14.4 Å². The number of aromatic nitrogens is 1. The number of piperazine rings is 1. The number of hydrogen-bond donors (Lipinski definition) is 0. The van der Waals surface area contributed by atoms with Gasteiger partial charge in [-0.1, -0.05) is 12.1 Å². The van der Waals surface area contributed by atoms with E-state index >= 15 is 0 Å². The molecule has 0 spiro atoms. The van der Waals surface area contributed by atoms with Crippen LogP contribution in [0.3, 0.4) is 0 Å². The van der Waals surface area contributed by atoms with Gasteiger partial charge in [0.1, 0.15) is 5.75 Å². The molecule has 0 saturated carbocycles. The van der Waals surface area contributed by atoms with Crippen LogP contribution in [0.1, 0.15) is 46.1 Å². The van der Waals surface area contributed by atoms with E-state index in [9.17, 15) is 4.79 Å². The molecular weight excluding hydrogens is 428 g/mol. The number of likely N-dealkylation sites (tertiary alicyclic amines) is 1. The van der Waals surface area contributed by atoms with E-state index < -0.39 is 0 Å². The van der Waals surface area contributed by atoms with E-state index in [1.165, 1.54) is 5.56 Å². The van der Waals surface area contributed by atoms with E-state index in [0.29, 0.717) is 5.92 Å². The number of hydrogen-bond acceptors (Lipinski definition) is 6. The molecule has 0 N–H and O–H groups in total. The van der Waals surface area contributed by atoms with Crippen molar-refractivity contribution in [3.8, 4) is 5.75 Å². The van der Waals surface area contributed by atoms with Crippen molar-refractivity contribution in [1.29, 1.82) is 0 Å². The Bertz CT molecular complexity index is 933. The molecule has 0 atom stereocenters. The highest BCUT2D eigenvalue weighted by molar-refractivity contribution is 5.95. The second kappa shape index (κ2) is 11.8. The third-order valence-corrected chi connectivity index (χ3v) is 7.11. The molecule has 1 amide bonds. The molecule has 2 aliphatic heterocycles. The molecule has 2 saturated heterocycles. The lowest BCUT2D eigenvalue weighted by Crippen LogP contribution is -2.49. The first kappa shape index (κ1) is 24.6. The number of aryl methyl sites for hydroxylation is 1. The quantitative estimate of drug-likeness (QED) is 0.596. The molecule has 7 nitrogen and oxygen atoms in total. The fourth-order valence-electron chi connectivity index (χ4n) is 4.99. The van der Waals surface area contributed by atoms with E-state index in [4.69, 9.17) is 14.5 Å². The number of benzene rings is 1. The average Bonchev–Trinajstić information content (AvgIpc) is 2.88. The standard InChI is InChI=1S/C27H38N4O3/c1-21-4-9-25(27(32)31-16-14-29(15-17-31)18-19-33-2)26(28-21)23-10-12-30(13-11-23)20-22-5-7-24(34-3)8-6-22/h4-9,23H,10-20H2,1-3H3. The molecule has 4 rings (SSSR count). The van der Waals surface area contributed by atoms with E-state index in [0.717, 1.165) is 94.5 Å². The van der Waals surface area contributed by atoms with Gasteiger partial charge in [0.2, 0.25) is 0 Å². The van der Waals surface area contributed by atoms with Crippen LogP contribution in [0.25, 0.3) is 0 Å². The maximum Gasteiger partial charge on any atom is 0.255 e. The van der Waals surface area contributed by atoms with Crippen LogP contribution in [-0.4, -0.2) is 92.2 Å². The van der Waals surface area contributed by atoms with Gasteiger partial charge in [0.25, 0.3) is 5.91 Å². The van der Waals surface area contributed by atoms with Gasteiger partial charge >= 0.3 is 0 Å². The van der Waals surface area contributed by atoms with Crippen molar-refractivity contribution in [1.82, 2.24) is 19.7 Å². The SMILES string of the molecule is COCCN1CCN(C(=O)c2ccc(C)nc2C2CCN(Cc3ccc(OC)cc3)CC2)CC1. The van der Waals surface area contributed by atoms with Crippen molar-refractivity contribution in [2.24, 2.45) is 0 Å². The number of rotatable bonds is 8. The lowest BCUT2D eigenvalue weighted by Gasteiger charge is -2.36. The number of nitrogens with zero attached hydrogens (tertiary/aromatic N) is 4. The number of amides is 1. The minimum Gasteiger partial charge on any atom is -0.497 e. The lowest BCUT2D eigenvalue weighted by molar-refractivity contribution is 0.0591. The second-order valence-corrected chi connectivity index (χ2v) is 9.41. The summed E-state index contributed by atoms with van der Waals surface area (Å²) in [4.78, 5) is 25.2. The zero-order valence-electron chi connectivity index (χ0n) is 20.8. The van der Waals surface area contributed by atoms with Crippen LogP contribution >= 0.6 is 0 Å². The summed E-state index contributed by atoms with van der Waals surface area (Å²) in [5.74, 6) is 1.35. The highest BCUT2D eigenvalue weighted by Gasteiger charge is 2.29. The summed E-state index contributed by atoms with van der Waals surface area (Å²) < 4.78 is 10.5. The van der Waals surface area contributed by atoms with Gasteiger partial charge in [-0.3, -0.25) is 19.6 Å². The Hall–Kier alpha value is -2.48. The fraction of sp³-hybridized carbons (Fsp3) is 0.556. The Kier molecular flexibility index (Phi) is 8.53. The molecule has 184 valence electrons. The van der Waals surface area contributed by atoms with Crippen LogP contribution < -0.4 is 4.74 Å². The molecule has 1 aromatic carbocycles. The zero-order chi connectivity index (χ0) is 23.9. The smallest absolute Gasteiger partial charge is 0.255 e. The molecular formula is C27H38N4O3. The highest BCUT2D eigenvalue weighted by atomic mass is 16.5. The largest absolute Gasteiger partial charge is 0.497 e. The Morgan fingerprint density at radius 3 is 2.29 bits per heavy atom. The molecule has 0 aliphatic carbocycles. The van der Waals surface area contributed by atoms with Crippen LogP contribution in [0, 0.1) is 6.92 Å². The van der Waals surface area contributed by atoms with Gasteiger partial charge in [0.15, 0.2) is 0 Å². The van der Waals surface area contributed by atoms with Crippen molar-refractivity contribution in [3.05, 3.63) is 58.9 Å². The summed E-state index contributed by atoms with van der Waals surface area (Å²) in [5, 5.41) is 0. The fourth-order valence-corrected chi connectivity index (χ4v) is 4.99. The molecule has 34 heavy (non-hydrogen) atoms. The molecule has 2 fully saturated rings. The molecule has 3 heterocycles. The summed E-state index contributed by atoms with van der Waals surface area (Å²) in [5.41, 5.74) is 4.07. The van der Waals surface area contributed by atoms with Crippen LogP contribution in [0.2, 0.25) is 0 Å². The number of carbonyl (C=O) groups is 1. The first-order valence-corrected chi connectivity index (χ1v) is 12.4. The Labute approximate surface area is 203 Å². The van der Waals surface area contributed by atoms with Crippen molar-refractivity contribution < 1.29 is 14.3 Å². The number of carbonyl (C=O) groups excluding carboxylic acids is 1. The average molecular weight is 467 g/mol. The van der Waals surface area contributed by atoms with Crippen molar-refractivity contribution >= 4 is 5.91 Å². The summed E-state index contributed by atoms with van der Waals surface area (Å²) in [7, 11) is 3.43. The van der Waals surface area contributed by atoms with Gasteiger partial charge in [-0.15, -0.1) is 0 Å². The molecule has 1 aromatic heterocycles. The third kappa shape index (κ3) is 6.14. The van der Waals surface area contributed by atoms with Gasteiger partial charge in [0, 0.05) is 58.0 Å². The van der Waals surface area contributed by atoms with E-state index in [-0.39, 0.29) is 5.91 Å². The minimum absolute atomic E-state index is 0.134. The van der Waals surface area contributed by atoms with Crippen LogP contribution in [-0.2, 0) is 11.3 Å². The molecule has 0 radical (unpaired) electrons. The second-order valence-electron chi connectivity index (χ2n) is 9.41. The Morgan fingerprint density at radius 1 is 0.941 bits per heavy atom. The summed E-state index contributed by atoms with van der Waals surface area (Å²) in [6.07, 6.45) is 2.05. The van der Waals surface area contributed by atoms with Crippen molar-refractivity contribution in [2.75, 3.05) is 66.6 Å². The molecule has 2 aliphatic rings. The Balaban J connectivity index is 1.37. The first-order valence-electron chi connectivity index (χ1n) is 12.4. The van der Waals surface area contributed by atoms with Crippen molar-refractivity contribution in [3.63, 3.8) is 0 Å². The van der Waals surface area contributed by atoms with E-state index in [1.807, 2.05) is 36.1 Å². The van der Waals surface area contributed by atoms with Gasteiger partial charge in [-0.2, -0.15) is 0 Å². The summed E-state index contributed by atoms with van der Waals surface area (Å²) in [6, 6.07) is 12.3. The van der Waals surface area contributed by atoms with Gasteiger partial charge in [-0.05, 0) is 62.7 Å². The Morgan fingerprint density at radius 2 is 1.65 bits per heavy atom. The number of methoxy groups -OCH3 is 2. The van der Waals surface area contributed by atoms with E-state index in [1.54, 1.807) is 14.2 Å². The normalized spacial score (nSPS) is 18.3. The third-order valence-electron chi connectivity index (χ3n) is 7.11. The predicted octanol–water partition coefficient (Wildman–Crippen LogP) is 3.18. The molecule has 0 bridgehead atoms. The monoisotopic (exact) mass is 466 g/mol. The molecule has 7 heteroatoms. The van der Waals surface area contributed by atoms with Crippen molar-refractivity contribution in [2.45, 2.75) is 32.2 Å². The van der Waals surface area contributed by atoms with Crippen LogP contribution in [0.4, 0.5) is 0 Å². The predicted molar refractivity (Wildman–Crippen MR) is 133 cm³/mol. The number of piperidine rings is 1. The maximum absolute atomic E-state index is 13.5. The van der Waals surface area contributed by atoms with Crippen LogP contribution in [0.15, 0.2) is 36.4 Å². The zero-order valence-corrected chi connectivity index (χ0v) is 20.8. The topological polar surface area (TPSA) is 58.1 Å². The highest BCUT2D eigenvalue weighted by Crippen LogP contribution is 2.31. The van der Waals surface area contributed by atoms with Gasteiger partial charge in [-0.25, -0.2) is 0 Å². The maximum atomic E-state index is 13.5. The number of pyridine rings is 1.